The summed E-state index contributed by atoms with van der Waals surface area (Å²) in [5, 5.41) is 0. The molecule has 0 saturated carbocycles. The Labute approximate surface area is 72.9 Å². The highest BCUT2D eigenvalue weighted by Gasteiger charge is 2.28. The van der Waals surface area contributed by atoms with Gasteiger partial charge in [0.15, 0.2) is 0 Å². The van der Waals surface area contributed by atoms with Gasteiger partial charge >= 0.3 is 0 Å². The van der Waals surface area contributed by atoms with Crippen molar-refractivity contribution < 1.29 is 4.79 Å². The van der Waals surface area contributed by atoms with Crippen molar-refractivity contribution >= 4 is 5.91 Å². The highest BCUT2D eigenvalue weighted by molar-refractivity contribution is 5.93. The number of rotatable bonds is 0. The minimum Gasteiger partial charge on any atom is -0.330 e. The third kappa shape index (κ3) is 1.77. The van der Waals surface area contributed by atoms with Gasteiger partial charge in [0, 0.05) is 19.1 Å². The molecule has 0 radical (unpaired) electrons. The molecule has 0 aliphatic carbocycles. The predicted molar refractivity (Wildman–Crippen MR) is 47.2 cm³/mol. The average molecular weight is 166 g/mol. The molecule has 2 N–H and O–H groups in total. The number of hydrogen-bond acceptors (Lipinski definition) is 2. The second-order valence-electron chi connectivity index (χ2n) is 3.23. The highest BCUT2D eigenvalue weighted by atomic mass is 16.2. The van der Waals surface area contributed by atoms with Crippen molar-refractivity contribution in [2.24, 2.45) is 11.7 Å². The summed E-state index contributed by atoms with van der Waals surface area (Å²) in [5.41, 5.74) is 5.76. The van der Waals surface area contributed by atoms with Crippen molar-refractivity contribution in [3.63, 3.8) is 0 Å². The lowest BCUT2D eigenvalue weighted by Gasteiger charge is -2.10. The van der Waals surface area contributed by atoms with Crippen LogP contribution in [0.4, 0.5) is 0 Å². The molecule has 2 atom stereocenters. The van der Waals surface area contributed by atoms with Crippen LogP contribution in [0.5, 0.6) is 0 Å². The lowest BCUT2D eigenvalue weighted by Crippen LogP contribution is -2.31. The first-order chi connectivity index (χ1) is 5.65. The summed E-state index contributed by atoms with van der Waals surface area (Å²) in [7, 11) is 0. The van der Waals surface area contributed by atoms with E-state index in [9.17, 15) is 4.79 Å². The Morgan fingerprint density at radius 1 is 1.58 bits per heavy atom. The Morgan fingerprint density at radius 3 is 2.67 bits per heavy atom. The zero-order valence-corrected chi connectivity index (χ0v) is 7.50. The van der Waals surface area contributed by atoms with E-state index in [1.165, 1.54) is 0 Å². The van der Waals surface area contributed by atoms with Gasteiger partial charge in [-0.25, -0.2) is 0 Å². The average Bonchev–Trinajstić information content (AvgIpc) is 2.33. The summed E-state index contributed by atoms with van der Waals surface area (Å²) in [5.74, 6) is 5.40. The van der Waals surface area contributed by atoms with E-state index in [4.69, 9.17) is 5.73 Å². The number of likely N-dealkylation sites (tertiary alicyclic amines) is 1. The summed E-state index contributed by atoms with van der Waals surface area (Å²) in [4.78, 5) is 12.9. The van der Waals surface area contributed by atoms with E-state index in [2.05, 4.69) is 18.8 Å². The Bertz CT molecular complexity index is 229. The maximum absolute atomic E-state index is 11.2. The standard InChI is InChI=1S/C9H14N2O/c1-3-4-9(12)11-5-7(2)8(10)6-11/h7-8H,5-6,10H2,1-2H3. The van der Waals surface area contributed by atoms with Crippen molar-refractivity contribution in [2.45, 2.75) is 19.9 Å². The lowest BCUT2D eigenvalue weighted by atomic mass is 10.1. The summed E-state index contributed by atoms with van der Waals surface area (Å²) in [6.45, 7) is 5.11. The molecule has 0 aromatic rings. The fourth-order valence-corrected chi connectivity index (χ4v) is 1.34. The molecule has 0 spiro atoms. The Hall–Kier alpha value is -1.01. The quantitative estimate of drug-likeness (QED) is 0.507. The molecule has 1 heterocycles. The minimum atomic E-state index is -0.0997. The van der Waals surface area contributed by atoms with Gasteiger partial charge in [-0.15, -0.1) is 0 Å². The van der Waals surface area contributed by atoms with Crippen molar-refractivity contribution in [1.29, 1.82) is 0 Å². The second-order valence-corrected chi connectivity index (χ2v) is 3.23. The van der Waals surface area contributed by atoms with Crippen LogP contribution >= 0.6 is 0 Å². The molecule has 0 aromatic carbocycles. The van der Waals surface area contributed by atoms with Gasteiger partial charge in [-0.05, 0) is 18.8 Å². The fourth-order valence-electron chi connectivity index (χ4n) is 1.34. The lowest BCUT2D eigenvalue weighted by molar-refractivity contribution is -0.124. The van der Waals surface area contributed by atoms with Crippen LogP contribution < -0.4 is 5.73 Å². The summed E-state index contributed by atoms with van der Waals surface area (Å²) in [6.07, 6.45) is 0. The van der Waals surface area contributed by atoms with E-state index in [0.717, 1.165) is 6.54 Å². The number of hydrogen-bond donors (Lipinski definition) is 1. The van der Waals surface area contributed by atoms with Crippen LogP contribution in [0.2, 0.25) is 0 Å². The summed E-state index contributed by atoms with van der Waals surface area (Å²) in [6, 6.07) is 0.118. The van der Waals surface area contributed by atoms with Crippen molar-refractivity contribution in [1.82, 2.24) is 4.90 Å². The van der Waals surface area contributed by atoms with Gasteiger partial charge in [0.05, 0.1) is 0 Å². The first kappa shape index (κ1) is 9.08. The van der Waals surface area contributed by atoms with Gasteiger partial charge in [0.2, 0.25) is 0 Å². The van der Waals surface area contributed by atoms with Crippen LogP contribution in [0.25, 0.3) is 0 Å². The highest BCUT2D eigenvalue weighted by Crippen LogP contribution is 2.13. The van der Waals surface area contributed by atoms with Gasteiger partial charge < -0.3 is 10.6 Å². The van der Waals surface area contributed by atoms with E-state index >= 15 is 0 Å². The number of carbonyl (C=O) groups excluding carboxylic acids is 1. The summed E-state index contributed by atoms with van der Waals surface area (Å²) < 4.78 is 0. The maximum atomic E-state index is 11.2. The predicted octanol–water partition coefficient (Wildman–Crippen LogP) is -0.185. The SMILES string of the molecule is CC#CC(=O)N1CC(C)C(N)C1. The van der Waals surface area contributed by atoms with E-state index in [-0.39, 0.29) is 11.9 Å². The van der Waals surface area contributed by atoms with Crippen LogP contribution in [0.1, 0.15) is 13.8 Å². The zero-order chi connectivity index (χ0) is 9.14. The normalized spacial score (nSPS) is 28.1. The molecule has 1 saturated heterocycles. The van der Waals surface area contributed by atoms with E-state index in [1.54, 1.807) is 11.8 Å². The molecule has 1 amide bonds. The minimum absolute atomic E-state index is 0.0997. The largest absolute Gasteiger partial charge is 0.330 e. The van der Waals surface area contributed by atoms with Crippen LogP contribution in [0.15, 0.2) is 0 Å². The number of nitrogens with zero attached hydrogens (tertiary/aromatic N) is 1. The van der Waals surface area contributed by atoms with Crippen LogP contribution in [0, 0.1) is 17.8 Å². The molecule has 66 valence electrons. The van der Waals surface area contributed by atoms with Crippen LogP contribution in [0.3, 0.4) is 0 Å². The molecule has 1 fully saturated rings. The van der Waals surface area contributed by atoms with Crippen molar-refractivity contribution in [3.8, 4) is 11.8 Å². The van der Waals surface area contributed by atoms with E-state index in [0.29, 0.717) is 12.5 Å². The Kier molecular flexibility index (Phi) is 2.72. The van der Waals surface area contributed by atoms with E-state index in [1.807, 2.05) is 0 Å². The monoisotopic (exact) mass is 166 g/mol. The van der Waals surface area contributed by atoms with Gasteiger partial charge in [-0.2, -0.15) is 0 Å². The number of nitrogens with two attached hydrogens (primary N) is 1. The van der Waals surface area contributed by atoms with Gasteiger partial charge in [-0.1, -0.05) is 12.8 Å². The molecular weight excluding hydrogens is 152 g/mol. The van der Waals surface area contributed by atoms with Crippen LogP contribution in [-0.2, 0) is 4.79 Å². The first-order valence-corrected chi connectivity index (χ1v) is 4.12. The fraction of sp³-hybridized carbons (Fsp3) is 0.667. The van der Waals surface area contributed by atoms with E-state index < -0.39 is 0 Å². The van der Waals surface area contributed by atoms with Crippen molar-refractivity contribution in [3.05, 3.63) is 0 Å². The number of carbonyl (C=O) groups is 1. The Morgan fingerprint density at radius 2 is 2.25 bits per heavy atom. The Balaban J connectivity index is 2.55. The molecule has 0 bridgehead atoms. The molecule has 3 heteroatoms. The number of amides is 1. The van der Waals surface area contributed by atoms with Gasteiger partial charge in [0.1, 0.15) is 0 Å². The molecular formula is C9H14N2O. The molecule has 2 unspecified atom stereocenters. The molecule has 3 nitrogen and oxygen atoms in total. The first-order valence-electron chi connectivity index (χ1n) is 4.12. The smallest absolute Gasteiger partial charge is 0.298 e. The molecule has 1 aliphatic heterocycles. The molecule has 1 rings (SSSR count). The maximum Gasteiger partial charge on any atom is 0.298 e. The third-order valence-corrected chi connectivity index (χ3v) is 2.19. The second kappa shape index (κ2) is 3.59. The zero-order valence-electron chi connectivity index (χ0n) is 7.50. The van der Waals surface area contributed by atoms with Gasteiger partial charge in [0.25, 0.3) is 5.91 Å². The van der Waals surface area contributed by atoms with Crippen molar-refractivity contribution in [2.75, 3.05) is 13.1 Å². The summed E-state index contributed by atoms with van der Waals surface area (Å²) >= 11 is 0. The topological polar surface area (TPSA) is 46.3 Å². The van der Waals surface area contributed by atoms with Gasteiger partial charge in [-0.3, -0.25) is 4.79 Å². The third-order valence-electron chi connectivity index (χ3n) is 2.19. The molecule has 12 heavy (non-hydrogen) atoms. The van der Waals surface area contributed by atoms with Crippen LogP contribution in [-0.4, -0.2) is 29.9 Å². The molecule has 0 aromatic heterocycles. The molecule has 1 aliphatic rings.